The molecule has 5 nitrogen and oxygen atoms in total. The molecule has 1 heterocycles. The standard InChI is InChI=1S/C20H23F3N2O3/c1-2-14(5-4-10-21)18-16(6-3-9-20(22,23)19(27)28)24-17-11-13(12-26)7-8-15(17)25-18/h2,4,8,10-11,13-14,26H,1,3,5-7,9,12H2,(H,27,28)/b10-4+. The molecule has 0 saturated carbocycles. The molecule has 0 radical (unpaired) electrons. The number of fused-ring (bicyclic) bond motifs is 1. The van der Waals surface area contributed by atoms with Crippen LogP contribution in [0.2, 0.25) is 0 Å². The van der Waals surface area contributed by atoms with Crippen LogP contribution in [0.5, 0.6) is 0 Å². The van der Waals surface area contributed by atoms with E-state index in [4.69, 9.17) is 5.11 Å². The molecule has 2 atom stereocenters. The smallest absolute Gasteiger partial charge is 0.374 e. The van der Waals surface area contributed by atoms with Gasteiger partial charge in [-0.15, -0.1) is 6.58 Å². The fraction of sp³-hybridized carbons (Fsp3) is 0.450. The zero-order chi connectivity index (χ0) is 20.7. The number of aryl methyl sites for hydroxylation is 1. The van der Waals surface area contributed by atoms with Crippen molar-refractivity contribution in [2.75, 3.05) is 6.61 Å². The molecule has 0 fully saturated rings. The van der Waals surface area contributed by atoms with Crippen molar-refractivity contribution in [3.8, 4) is 0 Å². The summed E-state index contributed by atoms with van der Waals surface area (Å²) in [5, 5.41) is 19.1. The van der Waals surface area contributed by atoms with Crippen molar-refractivity contribution in [2.24, 2.45) is 5.92 Å². The molecule has 0 spiro atoms. The molecule has 2 rings (SSSR count). The Balaban J connectivity index is 2.39. The normalized spacial score (nSPS) is 17.5. The second-order valence-corrected chi connectivity index (χ2v) is 6.68. The van der Waals surface area contributed by atoms with E-state index < -0.39 is 18.3 Å². The molecule has 0 bridgehead atoms. The highest BCUT2D eigenvalue weighted by molar-refractivity contribution is 5.75. The van der Waals surface area contributed by atoms with Crippen molar-refractivity contribution >= 4 is 18.1 Å². The highest BCUT2D eigenvalue weighted by atomic mass is 19.3. The molecule has 0 saturated heterocycles. The average Bonchev–Trinajstić information content (AvgIpc) is 2.67. The van der Waals surface area contributed by atoms with E-state index in [1.54, 1.807) is 12.2 Å². The van der Waals surface area contributed by atoms with Crippen molar-refractivity contribution in [3.05, 3.63) is 47.1 Å². The first kappa shape index (κ1) is 21.8. The van der Waals surface area contributed by atoms with E-state index in [-0.39, 0.29) is 37.7 Å². The third kappa shape index (κ3) is 5.28. The second-order valence-electron chi connectivity index (χ2n) is 6.68. The van der Waals surface area contributed by atoms with Gasteiger partial charge in [-0.05, 0) is 25.7 Å². The minimum Gasteiger partial charge on any atom is -0.477 e. The molecule has 28 heavy (non-hydrogen) atoms. The summed E-state index contributed by atoms with van der Waals surface area (Å²) in [7, 11) is 0. The lowest BCUT2D eigenvalue weighted by Gasteiger charge is -2.17. The van der Waals surface area contributed by atoms with Crippen LogP contribution >= 0.6 is 0 Å². The summed E-state index contributed by atoms with van der Waals surface area (Å²) >= 11 is 0. The highest BCUT2D eigenvalue weighted by Gasteiger charge is 2.37. The Morgan fingerprint density at radius 2 is 2.14 bits per heavy atom. The van der Waals surface area contributed by atoms with E-state index in [1.165, 1.54) is 6.08 Å². The third-order valence-corrected chi connectivity index (χ3v) is 4.63. The summed E-state index contributed by atoms with van der Waals surface area (Å²) in [6.07, 6.45) is 7.02. The molecule has 1 aliphatic carbocycles. The van der Waals surface area contributed by atoms with Crippen LogP contribution in [0.15, 0.2) is 25.1 Å². The molecule has 8 heteroatoms. The number of aliphatic hydroxyl groups excluding tert-OH is 1. The Bertz CT molecular complexity index is 868. The van der Waals surface area contributed by atoms with Gasteiger partial charge < -0.3 is 10.2 Å². The van der Waals surface area contributed by atoms with Gasteiger partial charge in [-0.1, -0.05) is 24.3 Å². The Kier molecular flexibility index (Phi) is 7.51. The quantitative estimate of drug-likeness (QED) is 0.593. The van der Waals surface area contributed by atoms with E-state index >= 15 is 0 Å². The third-order valence-electron chi connectivity index (χ3n) is 4.63. The van der Waals surface area contributed by atoms with E-state index in [9.17, 15) is 23.1 Å². The second kappa shape index (κ2) is 9.64. The lowest BCUT2D eigenvalue weighted by Crippen LogP contribution is -2.38. The number of aliphatic hydroxyl groups is 1. The van der Waals surface area contributed by atoms with Crippen LogP contribution in [-0.4, -0.2) is 38.7 Å². The number of hydrogen-bond acceptors (Lipinski definition) is 4. The van der Waals surface area contributed by atoms with Gasteiger partial charge in [0.2, 0.25) is 0 Å². The first-order chi connectivity index (χ1) is 13.3. The molecule has 2 N–H and O–H groups in total. The van der Waals surface area contributed by atoms with Crippen LogP contribution in [0.25, 0.3) is 12.2 Å². The molecule has 1 aliphatic rings. The number of nitrogens with zero attached hydrogens (tertiary/aromatic N) is 2. The summed E-state index contributed by atoms with van der Waals surface area (Å²) in [6, 6.07) is 0. The van der Waals surface area contributed by atoms with E-state index in [0.29, 0.717) is 34.8 Å². The number of aromatic nitrogens is 2. The zero-order valence-corrected chi connectivity index (χ0v) is 15.3. The fourth-order valence-electron chi connectivity index (χ4n) is 3.05. The maximum absolute atomic E-state index is 13.4. The van der Waals surface area contributed by atoms with Crippen molar-refractivity contribution in [3.63, 3.8) is 0 Å². The van der Waals surface area contributed by atoms with Gasteiger partial charge in [-0.25, -0.2) is 19.2 Å². The van der Waals surface area contributed by atoms with Crippen LogP contribution in [-0.2, 0) is 11.2 Å². The maximum atomic E-state index is 13.4. The molecule has 1 aromatic heterocycles. The lowest BCUT2D eigenvalue weighted by molar-refractivity contribution is -0.165. The summed E-state index contributed by atoms with van der Waals surface area (Å²) in [6.45, 7) is 3.69. The van der Waals surface area contributed by atoms with Crippen molar-refractivity contribution < 1.29 is 28.2 Å². The van der Waals surface area contributed by atoms with Crippen LogP contribution in [0.4, 0.5) is 13.2 Å². The minimum atomic E-state index is -3.81. The summed E-state index contributed by atoms with van der Waals surface area (Å²) < 4.78 is 39.2. The number of hydrogen-bond donors (Lipinski definition) is 2. The number of halogens is 3. The molecular formula is C20H23F3N2O3. The van der Waals surface area contributed by atoms with Gasteiger partial charge in [-0.2, -0.15) is 8.78 Å². The number of allylic oxidation sites excluding steroid dienone is 2. The molecule has 0 amide bonds. The van der Waals surface area contributed by atoms with Crippen LogP contribution in [0, 0.1) is 5.92 Å². The van der Waals surface area contributed by atoms with Gasteiger partial charge in [0.05, 0.1) is 28.4 Å². The van der Waals surface area contributed by atoms with Crippen molar-refractivity contribution in [2.45, 2.75) is 43.9 Å². The predicted molar refractivity (Wildman–Crippen MR) is 98.7 cm³/mol. The van der Waals surface area contributed by atoms with Crippen LogP contribution in [0.3, 0.4) is 0 Å². The van der Waals surface area contributed by atoms with Gasteiger partial charge in [-0.3, -0.25) is 0 Å². The number of carboxylic acid groups (broad SMARTS) is 1. The molecule has 0 aromatic carbocycles. The van der Waals surface area contributed by atoms with Crippen LogP contribution in [0.1, 0.15) is 43.0 Å². The van der Waals surface area contributed by atoms with E-state index in [2.05, 4.69) is 16.5 Å². The van der Waals surface area contributed by atoms with Gasteiger partial charge >= 0.3 is 11.9 Å². The van der Waals surface area contributed by atoms with Gasteiger partial charge in [0.25, 0.3) is 0 Å². The predicted octanol–water partition coefficient (Wildman–Crippen LogP) is 2.24. The number of rotatable bonds is 10. The van der Waals surface area contributed by atoms with Gasteiger partial charge in [0.1, 0.15) is 0 Å². The van der Waals surface area contributed by atoms with Crippen molar-refractivity contribution in [1.82, 2.24) is 9.97 Å². The van der Waals surface area contributed by atoms with Crippen molar-refractivity contribution in [1.29, 1.82) is 0 Å². The molecule has 152 valence electrons. The van der Waals surface area contributed by atoms with E-state index in [0.717, 1.165) is 0 Å². The van der Waals surface area contributed by atoms with Crippen LogP contribution < -0.4 is 10.7 Å². The SMILES string of the molecule is C=CC(C/C=C/F)c1nc2c(nc1CCCC(F)(F)C(=O)O)=CC(CO)CC=2. The Morgan fingerprint density at radius 3 is 2.75 bits per heavy atom. The molecule has 2 unspecified atom stereocenters. The molecule has 0 aliphatic heterocycles. The van der Waals surface area contributed by atoms with Gasteiger partial charge in [0, 0.05) is 24.9 Å². The fourth-order valence-corrected chi connectivity index (χ4v) is 3.05. The highest BCUT2D eigenvalue weighted by Crippen LogP contribution is 2.25. The summed E-state index contributed by atoms with van der Waals surface area (Å²) in [5.41, 5.74) is 0.956. The first-order valence-electron chi connectivity index (χ1n) is 9.01. The maximum Gasteiger partial charge on any atom is 0.374 e. The Labute approximate surface area is 160 Å². The number of alkyl halides is 2. The van der Waals surface area contributed by atoms with Gasteiger partial charge in [0.15, 0.2) is 0 Å². The molecular weight excluding hydrogens is 373 g/mol. The monoisotopic (exact) mass is 396 g/mol. The number of carbonyl (C=O) groups is 1. The van der Waals surface area contributed by atoms with E-state index in [1.807, 2.05) is 6.08 Å². The Morgan fingerprint density at radius 1 is 1.39 bits per heavy atom. The average molecular weight is 396 g/mol. The number of carboxylic acids is 1. The first-order valence-corrected chi connectivity index (χ1v) is 9.01. The summed E-state index contributed by atoms with van der Waals surface area (Å²) in [4.78, 5) is 19.7. The zero-order valence-electron chi connectivity index (χ0n) is 15.3. The minimum absolute atomic E-state index is 0.0455. The Hall–Kier alpha value is -2.48. The topological polar surface area (TPSA) is 83.3 Å². The lowest BCUT2D eigenvalue weighted by atomic mass is 9.95. The number of aliphatic carboxylic acids is 1. The molecule has 1 aromatic rings. The largest absolute Gasteiger partial charge is 0.477 e. The summed E-state index contributed by atoms with van der Waals surface area (Å²) in [5.74, 6) is -6.42.